The lowest BCUT2D eigenvalue weighted by Crippen LogP contribution is -2.33. The maximum atomic E-state index is 13.9. The topological polar surface area (TPSA) is 167 Å². The summed E-state index contributed by atoms with van der Waals surface area (Å²) in [5.74, 6) is -0.848. The highest BCUT2D eigenvalue weighted by molar-refractivity contribution is 6.35. The summed E-state index contributed by atoms with van der Waals surface area (Å²) < 4.78 is 30.5. The number of aryl methyl sites for hydroxylation is 1. The number of carbonyl (C=O) groups excluding carboxylic acids is 3. The Morgan fingerprint density at radius 3 is 2.54 bits per heavy atom. The Hall–Kier alpha value is -7.32. The van der Waals surface area contributed by atoms with E-state index in [0.717, 1.165) is 16.6 Å². The van der Waals surface area contributed by atoms with E-state index >= 15 is 0 Å². The van der Waals surface area contributed by atoms with E-state index in [1.807, 2.05) is 53.5 Å². The first-order chi connectivity index (χ1) is 29.6. The van der Waals surface area contributed by atoms with Crippen molar-refractivity contribution < 1.29 is 32.7 Å². The number of amides is 2. The van der Waals surface area contributed by atoms with Gasteiger partial charge >= 0.3 is 11.6 Å². The minimum Gasteiger partial charge on any atom is -0.497 e. The molecule has 1 unspecified atom stereocenters. The molecule has 61 heavy (non-hydrogen) atoms. The van der Waals surface area contributed by atoms with E-state index in [9.17, 15) is 23.6 Å². The molecule has 0 aliphatic carbocycles. The van der Waals surface area contributed by atoms with Gasteiger partial charge in [0.25, 0.3) is 11.8 Å². The Labute approximate surface area is 350 Å². The molecule has 0 saturated heterocycles. The predicted octanol–water partition coefficient (Wildman–Crippen LogP) is 7.30. The minimum absolute atomic E-state index is 0.200. The number of hydrazone groups is 1. The van der Waals surface area contributed by atoms with E-state index in [4.69, 9.17) is 19.0 Å². The molecule has 4 heterocycles. The number of anilines is 2. The van der Waals surface area contributed by atoms with Crippen LogP contribution in [0.25, 0.3) is 22.6 Å². The van der Waals surface area contributed by atoms with E-state index in [1.165, 1.54) is 18.2 Å². The molecule has 4 N–H and O–H groups in total. The van der Waals surface area contributed by atoms with Crippen LogP contribution in [-0.4, -0.2) is 61.8 Å². The van der Waals surface area contributed by atoms with Gasteiger partial charge < -0.3 is 34.8 Å². The fourth-order valence-electron chi connectivity index (χ4n) is 7.66. The van der Waals surface area contributed by atoms with Gasteiger partial charge in [-0.15, -0.1) is 0 Å². The monoisotopic (exact) mass is 822 g/mol. The largest absolute Gasteiger partial charge is 0.497 e. The van der Waals surface area contributed by atoms with E-state index in [2.05, 4.69) is 20.9 Å². The molecule has 0 saturated carbocycles. The van der Waals surface area contributed by atoms with Gasteiger partial charge in [-0.25, -0.2) is 14.0 Å². The number of carbonyl (C=O) groups is 3. The number of H-pyrrole nitrogens is 1. The maximum absolute atomic E-state index is 13.9. The molecule has 0 fully saturated rings. The lowest BCUT2D eigenvalue weighted by Gasteiger charge is -2.24. The SMILES string of the molecule is COc1ccc2oc(=O)c(C3=NN(c4ccc(C(=O)OCCCNCCNC(=O)c5c(C)[nH]c(C=C6C(=O)Nc7ccc(F)cc76)c5C)cc4)C(c4ccccc4)C3)cc2c1. The quantitative estimate of drug-likeness (QED) is 0.0382. The second-order valence-electron chi connectivity index (χ2n) is 14.8. The summed E-state index contributed by atoms with van der Waals surface area (Å²) in [6.45, 7) is 5.20. The normalized spacial score (nSPS) is 15.2. The lowest BCUT2D eigenvalue weighted by molar-refractivity contribution is -0.110. The Kier molecular flexibility index (Phi) is 11.6. The molecule has 0 bridgehead atoms. The van der Waals surface area contributed by atoms with Crippen LogP contribution in [0.3, 0.4) is 0 Å². The molecular weight excluding hydrogens is 780 g/mol. The van der Waals surface area contributed by atoms with Crippen molar-refractivity contribution in [3.8, 4) is 5.75 Å². The summed E-state index contributed by atoms with van der Waals surface area (Å²) in [5, 5.41) is 16.4. The summed E-state index contributed by atoms with van der Waals surface area (Å²) in [7, 11) is 1.58. The molecule has 13 nitrogen and oxygen atoms in total. The molecule has 8 rings (SSSR count). The van der Waals surface area contributed by atoms with Crippen molar-refractivity contribution in [2.45, 2.75) is 32.7 Å². The third-order valence-corrected chi connectivity index (χ3v) is 10.8. The summed E-state index contributed by atoms with van der Waals surface area (Å²) in [6.07, 6.45) is 2.66. The standard InChI is InChI=1S/C47H43FN6O7/c1-27-39(25-36-35-24-32(48)12-16-38(35)52-44(36)55)51-28(2)43(27)45(56)50-20-19-49-18-7-21-60-46(57)30-10-13-33(14-11-30)54-41(29-8-5-4-6-9-29)26-40(53-54)37-23-31-22-34(59-3)15-17-42(31)61-47(37)58/h4-6,8-17,22-25,41,49,51H,7,18-21,26H2,1-3H3,(H,50,56)(H,52,55). The number of hydrogen-bond acceptors (Lipinski definition) is 10. The van der Waals surface area contributed by atoms with Crippen LogP contribution in [0, 0.1) is 19.7 Å². The van der Waals surface area contributed by atoms with Crippen molar-refractivity contribution in [1.29, 1.82) is 0 Å². The molecule has 2 aromatic heterocycles. The summed E-state index contributed by atoms with van der Waals surface area (Å²) >= 11 is 0. The number of halogens is 1. The number of aromatic nitrogens is 1. The second kappa shape index (κ2) is 17.5. The number of rotatable bonds is 14. The molecule has 2 amide bonds. The molecule has 2 aliphatic heterocycles. The Morgan fingerprint density at radius 1 is 0.951 bits per heavy atom. The lowest BCUT2D eigenvalue weighted by atomic mass is 9.98. The van der Waals surface area contributed by atoms with Crippen LogP contribution in [-0.2, 0) is 9.53 Å². The van der Waals surface area contributed by atoms with Crippen LogP contribution in [0.4, 0.5) is 15.8 Å². The van der Waals surface area contributed by atoms with E-state index in [0.29, 0.717) is 100.0 Å². The third-order valence-electron chi connectivity index (χ3n) is 10.8. The van der Waals surface area contributed by atoms with Crippen molar-refractivity contribution in [3.63, 3.8) is 0 Å². The van der Waals surface area contributed by atoms with Gasteiger partial charge in [-0.3, -0.25) is 14.6 Å². The smallest absolute Gasteiger partial charge is 0.345 e. The van der Waals surface area contributed by atoms with Gasteiger partial charge in [0, 0.05) is 47.5 Å². The Bertz CT molecular complexity index is 2780. The van der Waals surface area contributed by atoms with Crippen LogP contribution in [0.5, 0.6) is 5.75 Å². The molecule has 1 atom stereocenters. The number of aromatic amines is 1. The van der Waals surface area contributed by atoms with Crippen molar-refractivity contribution in [2.75, 3.05) is 43.7 Å². The van der Waals surface area contributed by atoms with Crippen LogP contribution in [0.15, 0.2) is 111 Å². The highest BCUT2D eigenvalue weighted by Gasteiger charge is 2.32. The van der Waals surface area contributed by atoms with Gasteiger partial charge in [-0.05, 0) is 111 Å². The van der Waals surface area contributed by atoms with Gasteiger partial charge in [-0.2, -0.15) is 5.10 Å². The maximum Gasteiger partial charge on any atom is 0.345 e. The van der Waals surface area contributed by atoms with Crippen molar-refractivity contribution in [2.24, 2.45) is 5.10 Å². The van der Waals surface area contributed by atoms with Gasteiger partial charge in [-0.1, -0.05) is 30.3 Å². The average Bonchev–Trinajstić information content (AvgIpc) is 3.93. The highest BCUT2D eigenvalue weighted by Crippen LogP contribution is 2.37. The van der Waals surface area contributed by atoms with Gasteiger partial charge in [0.05, 0.1) is 53.4 Å². The second-order valence-corrected chi connectivity index (χ2v) is 14.8. The first-order valence-electron chi connectivity index (χ1n) is 19.9. The van der Waals surface area contributed by atoms with Crippen LogP contribution < -0.4 is 31.3 Å². The Balaban J connectivity index is 0.820. The average molecular weight is 823 g/mol. The summed E-state index contributed by atoms with van der Waals surface area (Å²) in [4.78, 5) is 55.0. The predicted molar refractivity (Wildman–Crippen MR) is 232 cm³/mol. The molecule has 4 aromatic carbocycles. The number of nitrogens with one attached hydrogen (secondary N) is 4. The van der Waals surface area contributed by atoms with Gasteiger partial charge in [0.2, 0.25) is 0 Å². The first kappa shape index (κ1) is 40.5. The van der Waals surface area contributed by atoms with Crippen LogP contribution >= 0.6 is 0 Å². The zero-order valence-corrected chi connectivity index (χ0v) is 33.8. The van der Waals surface area contributed by atoms with E-state index in [-0.39, 0.29) is 24.5 Å². The van der Waals surface area contributed by atoms with Crippen molar-refractivity contribution in [1.82, 2.24) is 15.6 Å². The number of hydrogen-bond donors (Lipinski definition) is 4. The number of benzene rings is 4. The number of methoxy groups -OCH3 is 1. The van der Waals surface area contributed by atoms with E-state index in [1.54, 1.807) is 57.4 Å². The Morgan fingerprint density at radius 2 is 1.75 bits per heavy atom. The summed E-state index contributed by atoms with van der Waals surface area (Å²) in [6, 6.07) is 27.9. The minimum atomic E-state index is -0.474. The molecule has 310 valence electrons. The third kappa shape index (κ3) is 8.57. The fourth-order valence-corrected chi connectivity index (χ4v) is 7.66. The molecule has 14 heteroatoms. The molecule has 2 aliphatic rings. The van der Waals surface area contributed by atoms with E-state index < -0.39 is 17.4 Å². The molecular formula is C47H43FN6O7. The molecule has 0 radical (unpaired) electrons. The van der Waals surface area contributed by atoms with Gasteiger partial charge in [0.1, 0.15) is 17.1 Å². The van der Waals surface area contributed by atoms with Crippen LogP contribution in [0.1, 0.15) is 73.2 Å². The van der Waals surface area contributed by atoms with Crippen molar-refractivity contribution in [3.05, 3.63) is 158 Å². The molecule has 0 spiro atoms. The number of ether oxygens (including phenoxy) is 2. The highest BCUT2D eigenvalue weighted by atomic mass is 19.1. The summed E-state index contributed by atoms with van der Waals surface area (Å²) in [5.41, 5.74) is 6.82. The van der Waals surface area contributed by atoms with Crippen LogP contribution in [0.2, 0.25) is 0 Å². The zero-order valence-electron chi connectivity index (χ0n) is 33.8. The fraction of sp³-hybridized carbons (Fsp3) is 0.213. The zero-order chi connectivity index (χ0) is 42.6. The van der Waals surface area contributed by atoms with Crippen molar-refractivity contribution >= 4 is 57.5 Å². The first-order valence-corrected chi connectivity index (χ1v) is 19.9. The number of nitrogens with zero attached hydrogens (tertiary/aromatic N) is 2. The molecule has 6 aromatic rings. The van der Waals surface area contributed by atoms with Gasteiger partial charge in [0.15, 0.2) is 0 Å². The number of fused-ring (bicyclic) bond motifs is 2. The number of esters is 1.